The van der Waals surface area contributed by atoms with Crippen LogP contribution in [0.1, 0.15) is 28.4 Å². The molecular weight excluding hydrogens is 306 g/mol. The first kappa shape index (κ1) is 16.1. The first-order valence-electron chi connectivity index (χ1n) is 8.85. The fourth-order valence-electron chi connectivity index (χ4n) is 3.88. The number of hydrogen-bond donors (Lipinski definition) is 1. The highest BCUT2D eigenvalue weighted by Gasteiger charge is 2.42. The number of rotatable bonds is 4. The van der Waals surface area contributed by atoms with Crippen LogP contribution >= 0.6 is 0 Å². The van der Waals surface area contributed by atoms with E-state index in [0.717, 1.165) is 13.0 Å². The van der Waals surface area contributed by atoms with Gasteiger partial charge in [-0.2, -0.15) is 0 Å². The summed E-state index contributed by atoms with van der Waals surface area (Å²) < 4.78 is 6.85. The van der Waals surface area contributed by atoms with Gasteiger partial charge in [0.15, 0.2) is 0 Å². The predicted octanol–water partition coefficient (Wildman–Crippen LogP) is 4.46. The molecule has 0 spiro atoms. The molecule has 0 saturated carbocycles. The monoisotopic (exact) mass is 329 g/mol. The second-order valence-corrected chi connectivity index (χ2v) is 6.60. The molecule has 1 aliphatic heterocycles. The molecule has 3 aromatic rings. The number of likely N-dealkylation sites (N-methyl/N-ethyl adjacent to an activating group) is 1. The van der Waals surface area contributed by atoms with Gasteiger partial charge in [0.1, 0.15) is 5.60 Å². The second kappa shape index (κ2) is 6.83. The molecule has 25 heavy (non-hydrogen) atoms. The summed E-state index contributed by atoms with van der Waals surface area (Å²) in [5.41, 5.74) is 4.60. The molecule has 0 aliphatic carbocycles. The molecule has 2 nitrogen and oxygen atoms in total. The van der Waals surface area contributed by atoms with Gasteiger partial charge in [-0.15, -0.1) is 0 Å². The van der Waals surface area contributed by atoms with Crippen LogP contribution in [-0.4, -0.2) is 13.6 Å². The van der Waals surface area contributed by atoms with E-state index in [1.807, 2.05) is 7.05 Å². The maximum Gasteiger partial charge on any atom is 0.123 e. The van der Waals surface area contributed by atoms with Crippen molar-refractivity contribution < 1.29 is 4.74 Å². The van der Waals surface area contributed by atoms with E-state index in [9.17, 15) is 0 Å². The van der Waals surface area contributed by atoms with Gasteiger partial charge in [-0.3, -0.25) is 0 Å². The number of benzene rings is 3. The van der Waals surface area contributed by atoms with Crippen molar-refractivity contribution in [3.8, 4) is 0 Å². The lowest BCUT2D eigenvalue weighted by Crippen LogP contribution is -2.41. The van der Waals surface area contributed by atoms with Crippen molar-refractivity contribution in [1.82, 2.24) is 5.32 Å². The Hall–Kier alpha value is -2.42. The first-order valence-corrected chi connectivity index (χ1v) is 8.85. The molecule has 1 atom stereocenters. The smallest absolute Gasteiger partial charge is 0.123 e. The van der Waals surface area contributed by atoms with Crippen molar-refractivity contribution in [1.29, 1.82) is 0 Å². The molecule has 2 heteroatoms. The Morgan fingerprint density at radius 3 is 2.00 bits per heavy atom. The highest BCUT2D eigenvalue weighted by molar-refractivity contribution is 5.43. The van der Waals surface area contributed by atoms with Gasteiger partial charge in [0.2, 0.25) is 0 Å². The van der Waals surface area contributed by atoms with Crippen molar-refractivity contribution in [3.05, 3.63) is 107 Å². The summed E-state index contributed by atoms with van der Waals surface area (Å²) in [7, 11) is 1.98. The Balaban J connectivity index is 1.91. The largest absolute Gasteiger partial charge is 0.356 e. The molecule has 126 valence electrons. The summed E-state index contributed by atoms with van der Waals surface area (Å²) in [5.74, 6) is 0. The number of ether oxygens (including phenoxy) is 1. The van der Waals surface area contributed by atoms with E-state index >= 15 is 0 Å². The number of nitrogens with one attached hydrogen (secondary N) is 1. The molecule has 1 aliphatic rings. The molecule has 0 bridgehead atoms. The van der Waals surface area contributed by atoms with E-state index in [1.54, 1.807) is 0 Å². The Labute approximate surface area is 149 Å². The summed E-state index contributed by atoms with van der Waals surface area (Å²) in [6.07, 6.45) is 0.868. The summed E-state index contributed by atoms with van der Waals surface area (Å²) in [5, 5.41) is 3.29. The maximum atomic E-state index is 6.85. The molecule has 1 N–H and O–H groups in total. The Bertz CT molecular complexity index is 789. The van der Waals surface area contributed by atoms with Gasteiger partial charge >= 0.3 is 0 Å². The van der Waals surface area contributed by atoms with E-state index in [2.05, 4.69) is 90.2 Å². The topological polar surface area (TPSA) is 21.3 Å². The van der Waals surface area contributed by atoms with Crippen molar-refractivity contribution in [3.63, 3.8) is 0 Å². The fraction of sp³-hybridized carbons (Fsp3) is 0.217. The predicted molar refractivity (Wildman–Crippen MR) is 102 cm³/mol. The van der Waals surface area contributed by atoms with E-state index in [1.165, 1.54) is 22.3 Å². The van der Waals surface area contributed by atoms with Crippen LogP contribution in [-0.2, 0) is 16.8 Å². The molecule has 0 fully saturated rings. The summed E-state index contributed by atoms with van der Waals surface area (Å²) in [6.45, 7) is 0.790. The third-order valence-electron chi connectivity index (χ3n) is 5.05. The lowest BCUT2D eigenvalue weighted by molar-refractivity contribution is -0.0853. The maximum absolute atomic E-state index is 6.85. The third-order valence-corrected chi connectivity index (χ3v) is 5.05. The van der Waals surface area contributed by atoms with E-state index in [-0.39, 0.29) is 6.10 Å². The van der Waals surface area contributed by atoms with Crippen LogP contribution in [0.2, 0.25) is 0 Å². The molecule has 1 unspecified atom stereocenters. The normalized spacial score (nSPS) is 18.5. The molecule has 0 radical (unpaired) electrons. The average Bonchev–Trinajstić information content (AvgIpc) is 2.69. The van der Waals surface area contributed by atoms with Gasteiger partial charge < -0.3 is 10.1 Å². The van der Waals surface area contributed by atoms with Crippen molar-refractivity contribution in [2.75, 3.05) is 13.6 Å². The molecule has 4 rings (SSSR count). The molecule has 0 aromatic heterocycles. The Morgan fingerprint density at radius 1 is 0.840 bits per heavy atom. The molecular formula is C23H23NO. The molecule has 0 amide bonds. The SMILES string of the molecule is CNCC1OC(c2ccccc2)(c2ccccc2)Cc2ccccc21. The zero-order chi connectivity index (χ0) is 17.1. The van der Waals surface area contributed by atoms with E-state index in [0.29, 0.717) is 0 Å². The minimum Gasteiger partial charge on any atom is -0.356 e. The fourth-order valence-corrected chi connectivity index (χ4v) is 3.88. The first-order chi connectivity index (χ1) is 12.3. The van der Waals surface area contributed by atoms with Crippen molar-refractivity contribution in [2.45, 2.75) is 18.1 Å². The van der Waals surface area contributed by atoms with Gasteiger partial charge in [0.05, 0.1) is 6.10 Å². The van der Waals surface area contributed by atoms with Gasteiger partial charge in [-0.1, -0.05) is 84.9 Å². The lowest BCUT2D eigenvalue weighted by atomic mass is 9.77. The van der Waals surface area contributed by atoms with Crippen LogP contribution in [0, 0.1) is 0 Å². The van der Waals surface area contributed by atoms with E-state index in [4.69, 9.17) is 4.74 Å². The minimum atomic E-state index is -0.460. The van der Waals surface area contributed by atoms with Gasteiger partial charge in [0, 0.05) is 13.0 Å². The Kier molecular flexibility index (Phi) is 4.39. The number of hydrogen-bond acceptors (Lipinski definition) is 2. The van der Waals surface area contributed by atoms with Crippen molar-refractivity contribution in [2.24, 2.45) is 0 Å². The van der Waals surface area contributed by atoms with E-state index < -0.39 is 5.60 Å². The average molecular weight is 329 g/mol. The van der Waals surface area contributed by atoms with Gasteiger partial charge in [0.25, 0.3) is 0 Å². The van der Waals surface area contributed by atoms with Crippen LogP contribution in [0.4, 0.5) is 0 Å². The third kappa shape index (κ3) is 2.88. The zero-order valence-electron chi connectivity index (χ0n) is 14.5. The summed E-state index contributed by atoms with van der Waals surface area (Å²) in [6, 6.07) is 29.9. The number of fused-ring (bicyclic) bond motifs is 1. The van der Waals surface area contributed by atoms with Gasteiger partial charge in [-0.05, 0) is 29.3 Å². The summed E-state index contributed by atoms with van der Waals surface area (Å²) >= 11 is 0. The second-order valence-electron chi connectivity index (χ2n) is 6.60. The highest BCUT2D eigenvalue weighted by atomic mass is 16.5. The molecule has 3 aromatic carbocycles. The van der Waals surface area contributed by atoms with Crippen molar-refractivity contribution >= 4 is 0 Å². The molecule has 0 saturated heterocycles. The highest BCUT2D eigenvalue weighted by Crippen LogP contribution is 2.45. The minimum absolute atomic E-state index is 0.0235. The van der Waals surface area contributed by atoms with Crippen LogP contribution in [0.25, 0.3) is 0 Å². The summed E-state index contributed by atoms with van der Waals surface area (Å²) in [4.78, 5) is 0. The van der Waals surface area contributed by atoms with Crippen LogP contribution in [0.15, 0.2) is 84.9 Å². The van der Waals surface area contributed by atoms with Crippen LogP contribution in [0.5, 0.6) is 0 Å². The quantitative estimate of drug-likeness (QED) is 0.763. The van der Waals surface area contributed by atoms with Crippen LogP contribution < -0.4 is 5.32 Å². The molecule has 1 heterocycles. The standard InChI is InChI=1S/C23H23NO/c1-24-17-22-21-15-9-8-10-18(21)16-23(25-22,19-11-4-2-5-12-19)20-13-6-3-7-14-20/h2-15,22,24H,16-17H2,1H3. The lowest BCUT2D eigenvalue weighted by Gasteiger charge is -2.43. The van der Waals surface area contributed by atoms with Crippen LogP contribution in [0.3, 0.4) is 0 Å². The van der Waals surface area contributed by atoms with Gasteiger partial charge in [-0.25, -0.2) is 0 Å². The zero-order valence-corrected chi connectivity index (χ0v) is 14.5. The Morgan fingerprint density at radius 2 is 1.40 bits per heavy atom.